The molecule has 3 aromatic rings. The van der Waals surface area contributed by atoms with Crippen molar-refractivity contribution in [3.05, 3.63) is 75.6 Å². The number of amides is 1. The van der Waals surface area contributed by atoms with Gasteiger partial charge in [0.15, 0.2) is 0 Å². The molecule has 0 bridgehead atoms. The lowest BCUT2D eigenvalue weighted by molar-refractivity contribution is 0.0702. The molecule has 8 heteroatoms. The number of carboxylic acids is 1. The molecule has 32 heavy (non-hydrogen) atoms. The smallest absolute Gasteiger partial charge is 0.345 e. The molecule has 1 amide bonds. The van der Waals surface area contributed by atoms with Gasteiger partial charge in [-0.1, -0.05) is 41.9 Å². The second kappa shape index (κ2) is 9.73. The van der Waals surface area contributed by atoms with E-state index >= 15 is 0 Å². The number of hydrogen-bond acceptors (Lipinski definition) is 5. The van der Waals surface area contributed by atoms with Crippen LogP contribution in [0, 0.1) is 0 Å². The van der Waals surface area contributed by atoms with Gasteiger partial charge in [-0.15, -0.1) is 11.3 Å². The summed E-state index contributed by atoms with van der Waals surface area (Å²) in [6.45, 7) is 3.99. The van der Waals surface area contributed by atoms with Gasteiger partial charge in [-0.25, -0.2) is 4.79 Å². The number of thiophene rings is 1. The predicted octanol–water partition coefficient (Wildman–Crippen LogP) is 4.45. The van der Waals surface area contributed by atoms with Gasteiger partial charge in [0, 0.05) is 53.9 Å². The Morgan fingerprint density at radius 2 is 1.75 bits per heavy atom. The summed E-state index contributed by atoms with van der Waals surface area (Å²) in [4.78, 5) is 30.2. The van der Waals surface area contributed by atoms with E-state index in [2.05, 4.69) is 22.2 Å². The number of carbonyl (C=O) groups is 2. The van der Waals surface area contributed by atoms with E-state index in [0.29, 0.717) is 22.0 Å². The van der Waals surface area contributed by atoms with Crippen LogP contribution in [0.2, 0.25) is 5.02 Å². The molecule has 1 aromatic heterocycles. The van der Waals surface area contributed by atoms with Crippen molar-refractivity contribution < 1.29 is 14.7 Å². The summed E-state index contributed by atoms with van der Waals surface area (Å²) < 4.78 is 0. The third-order valence-corrected chi connectivity index (χ3v) is 6.95. The molecule has 6 nitrogen and oxygen atoms in total. The van der Waals surface area contributed by atoms with Crippen molar-refractivity contribution in [2.24, 2.45) is 0 Å². The number of piperazine rings is 1. The van der Waals surface area contributed by atoms with Crippen LogP contribution < -0.4 is 10.2 Å². The number of halogens is 1. The number of carbonyl (C=O) groups excluding carboxylic acids is 1. The Morgan fingerprint density at radius 3 is 2.44 bits per heavy atom. The summed E-state index contributed by atoms with van der Waals surface area (Å²) in [5, 5.41) is 13.1. The van der Waals surface area contributed by atoms with E-state index in [0.717, 1.165) is 54.3 Å². The maximum atomic E-state index is 13.1. The van der Waals surface area contributed by atoms with E-state index in [1.54, 1.807) is 12.1 Å². The highest BCUT2D eigenvalue weighted by atomic mass is 35.5. The quantitative estimate of drug-likeness (QED) is 0.558. The van der Waals surface area contributed by atoms with Crippen molar-refractivity contribution in [1.82, 2.24) is 10.2 Å². The molecular weight excluding hydrogens is 446 g/mol. The fourth-order valence-corrected chi connectivity index (χ4v) is 4.89. The van der Waals surface area contributed by atoms with E-state index in [4.69, 9.17) is 11.6 Å². The standard InChI is InChI=1S/C24H24ClN3O3S/c1-27-10-12-28(13-11-27)20-5-3-2-4-18(20)22-19(14-21(32-22)24(30)31)23(29)26-15-16-6-8-17(25)9-7-16/h2-9,14H,10-13,15H2,1H3,(H,26,29)(H,30,31). The molecule has 1 saturated heterocycles. The molecule has 0 spiro atoms. The molecule has 2 N–H and O–H groups in total. The number of rotatable bonds is 6. The Morgan fingerprint density at radius 1 is 1.06 bits per heavy atom. The van der Waals surface area contributed by atoms with Crippen LogP contribution in [0.1, 0.15) is 25.6 Å². The Bertz CT molecular complexity index is 1120. The first-order chi connectivity index (χ1) is 15.4. The molecule has 2 aromatic carbocycles. The second-order valence-corrected chi connectivity index (χ2v) is 9.26. The topological polar surface area (TPSA) is 72.9 Å². The highest BCUT2D eigenvalue weighted by molar-refractivity contribution is 7.17. The molecular formula is C24H24ClN3O3S. The van der Waals surface area contributed by atoms with Crippen LogP contribution in [0.4, 0.5) is 5.69 Å². The number of nitrogens with one attached hydrogen (secondary N) is 1. The number of para-hydroxylation sites is 1. The number of hydrogen-bond donors (Lipinski definition) is 2. The second-order valence-electron chi connectivity index (χ2n) is 7.78. The van der Waals surface area contributed by atoms with Crippen molar-refractivity contribution in [3.63, 3.8) is 0 Å². The number of aromatic carboxylic acids is 1. The average molecular weight is 470 g/mol. The Kier molecular flexibility index (Phi) is 6.79. The molecule has 0 saturated carbocycles. The van der Waals surface area contributed by atoms with Gasteiger partial charge < -0.3 is 20.2 Å². The zero-order chi connectivity index (χ0) is 22.7. The van der Waals surface area contributed by atoms with Crippen LogP contribution in [0.25, 0.3) is 10.4 Å². The van der Waals surface area contributed by atoms with Gasteiger partial charge in [0.2, 0.25) is 0 Å². The fourth-order valence-electron chi connectivity index (χ4n) is 3.73. The predicted molar refractivity (Wildman–Crippen MR) is 129 cm³/mol. The monoisotopic (exact) mass is 469 g/mol. The Hall–Kier alpha value is -2.87. The van der Waals surface area contributed by atoms with E-state index in [1.807, 2.05) is 36.4 Å². The van der Waals surface area contributed by atoms with Crippen molar-refractivity contribution >= 4 is 40.5 Å². The molecule has 166 valence electrons. The lowest BCUT2D eigenvalue weighted by atomic mass is 10.0. The first-order valence-electron chi connectivity index (χ1n) is 10.3. The molecule has 2 heterocycles. The van der Waals surface area contributed by atoms with Gasteiger partial charge in [-0.2, -0.15) is 0 Å². The normalized spacial score (nSPS) is 14.4. The van der Waals surface area contributed by atoms with E-state index in [9.17, 15) is 14.7 Å². The van der Waals surface area contributed by atoms with Gasteiger partial charge in [0.25, 0.3) is 5.91 Å². The summed E-state index contributed by atoms with van der Waals surface area (Å²) in [7, 11) is 2.10. The van der Waals surface area contributed by atoms with Crippen molar-refractivity contribution in [3.8, 4) is 10.4 Å². The SMILES string of the molecule is CN1CCN(c2ccccc2-c2sc(C(=O)O)cc2C(=O)NCc2ccc(Cl)cc2)CC1. The van der Waals surface area contributed by atoms with Crippen LogP contribution in [0.15, 0.2) is 54.6 Å². The summed E-state index contributed by atoms with van der Waals surface area (Å²) in [6, 6.07) is 16.6. The minimum atomic E-state index is -1.04. The maximum Gasteiger partial charge on any atom is 0.345 e. The highest BCUT2D eigenvalue weighted by Crippen LogP contribution is 2.39. The number of likely N-dealkylation sites (N-methyl/N-ethyl adjacent to an activating group) is 1. The molecule has 0 atom stereocenters. The Labute approximate surface area is 196 Å². The van der Waals surface area contributed by atoms with Crippen LogP contribution >= 0.6 is 22.9 Å². The molecule has 0 unspecified atom stereocenters. The Balaban J connectivity index is 1.65. The number of carboxylic acid groups (broad SMARTS) is 1. The summed E-state index contributed by atoms with van der Waals surface area (Å²) >= 11 is 7.07. The highest BCUT2D eigenvalue weighted by Gasteiger charge is 2.24. The molecule has 0 radical (unpaired) electrons. The van der Waals surface area contributed by atoms with Gasteiger partial charge in [0.05, 0.1) is 5.56 Å². The van der Waals surface area contributed by atoms with E-state index in [-0.39, 0.29) is 10.8 Å². The zero-order valence-corrected chi connectivity index (χ0v) is 19.2. The number of benzene rings is 2. The first kappa shape index (κ1) is 22.3. The minimum absolute atomic E-state index is 0.143. The molecule has 1 fully saturated rings. The van der Waals surface area contributed by atoms with Crippen LogP contribution in [-0.4, -0.2) is 55.1 Å². The minimum Gasteiger partial charge on any atom is -0.477 e. The lowest BCUT2D eigenvalue weighted by Crippen LogP contribution is -2.44. The maximum absolute atomic E-state index is 13.1. The summed E-state index contributed by atoms with van der Waals surface area (Å²) in [6.07, 6.45) is 0. The molecule has 1 aliphatic heterocycles. The fraction of sp³-hybridized carbons (Fsp3) is 0.250. The van der Waals surface area contributed by atoms with E-state index in [1.165, 1.54) is 6.07 Å². The molecule has 0 aliphatic carbocycles. The van der Waals surface area contributed by atoms with Gasteiger partial charge in [-0.05, 0) is 36.9 Å². The number of nitrogens with zero attached hydrogens (tertiary/aromatic N) is 2. The van der Waals surface area contributed by atoms with Gasteiger partial charge >= 0.3 is 5.97 Å². The average Bonchev–Trinajstić information content (AvgIpc) is 3.25. The third kappa shape index (κ3) is 4.96. The number of anilines is 1. The van der Waals surface area contributed by atoms with Gasteiger partial charge in [-0.3, -0.25) is 4.79 Å². The van der Waals surface area contributed by atoms with Crippen molar-refractivity contribution in [2.75, 3.05) is 38.1 Å². The van der Waals surface area contributed by atoms with Crippen LogP contribution in [0.5, 0.6) is 0 Å². The van der Waals surface area contributed by atoms with Crippen molar-refractivity contribution in [2.45, 2.75) is 6.54 Å². The largest absolute Gasteiger partial charge is 0.477 e. The summed E-state index contributed by atoms with van der Waals surface area (Å²) in [5.41, 5.74) is 3.19. The summed E-state index contributed by atoms with van der Waals surface area (Å²) in [5.74, 6) is -1.34. The van der Waals surface area contributed by atoms with E-state index < -0.39 is 5.97 Å². The zero-order valence-electron chi connectivity index (χ0n) is 17.7. The van der Waals surface area contributed by atoms with Crippen LogP contribution in [0.3, 0.4) is 0 Å². The molecule has 1 aliphatic rings. The van der Waals surface area contributed by atoms with Gasteiger partial charge in [0.1, 0.15) is 4.88 Å². The van der Waals surface area contributed by atoms with Crippen molar-refractivity contribution in [1.29, 1.82) is 0 Å². The first-order valence-corrected chi connectivity index (χ1v) is 11.5. The third-order valence-electron chi connectivity index (χ3n) is 5.55. The lowest BCUT2D eigenvalue weighted by Gasteiger charge is -2.35. The molecule has 4 rings (SSSR count). The van der Waals surface area contributed by atoms with Crippen LogP contribution in [-0.2, 0) is 6.54 Å².